The van der Waals surface area contributed by atoms with Crippen LogP contribution in [0.2, 0.25) is 0 Å². The topological polar surface area (TPSA) is 35.5 Å². The lowest BCUT2D eigenvalue weighted by molar-refractivity contribution is 0.0790. The van der Waals surface area contributed by atoms with E-state index < -0.39 is 0 Å². The van der Waals surface area contributed by atoms with Crippen LogP contribution in [0.1, 0.15) is 44.2 Å². The summed E-state index contributed by atoms with van der Waals surface area (Å²) in [7, 11) is 0. The maximum atomic E-state index is 9.54. The summed E-state index contributed by atoms with van der Waals surface area (Å²) in [6.45, 7) is 5.48. The van der Waals surface area contributed by atoms with E-state index in [1.165, 1.54) is 31.2 Å². The van der Waals surface area contributed by atoms with Gasteiger partial charge in [0.05, 0.1) is 6.61 Å². The molecule has 2 atom stereocenters. The third-order valence-electron chi connectivity index (χ3n) is 4.24. The van der Waals surface area contributed by atoms with Gasteiger partial charge < -0.3 is 10.4 Å². The predicted molar refractivity (Wildman–Crippen MR) is 83.8 cm³/mol. The molecule has 3 nitrogen and oxygen atoms in total. The number of rotatable bonds is 7. The number of unbranched alkanes of at least 4 members (excludes halogenated alkanes) is 3. The average Bonchev–Trinajstić information content (AvgIpc) is 2.52. The third-order valence-corrected chi connectivity index (χ3v) is 4.24. The van der Waals surface area contributed by atoms with E-state index in [9.17, 15) is 5.11 Å². The van der Waals surface area contributed by atoms with Crippen molar-refractivity contribution in [2.75, 3.05) is 26.2 Å². The highest BCUT2D eigenvalue weighted by Crippen LogP contribution is 2.20. The number of aliphatic hydroxyl groups is 1. The molecule has 3 heteroatoms. The van der Waals surface area contributed by atoms with Crippen LogP contribution < -0.4 is 5.32 Å². The first kappa shape index (κ1) is 15.5. The highest BCUT2D eigenvalue weighted by Gasteiger charge is 2.27. The van der Waals surface area contributed by atoms with Crippen LogP contribution in [0.25, 0.3) is 0 Å². The van der Waals surface area contributed by atoms with Crippen molar-refractivity contribution >= 4 is 0 Å². The summed E-state index contributed by atoms with van der Waals surface area (Å²) in [6.07, 6.45) is 5.13. The van der Waals surface area contributed by atoms with Gasteiger partial charge in [0.25, 0.3) is 0 Å². The molecule has 0 spiro atoms. The van der Waals surface area contributed by atoms with Gasteiger partial charge in [-0.25, -0.2) is 0 Å². The minimum Gasteiger partial charge on any atom is -0.395 e. The number of nitrogens with zero attached hydrogens (tertiary/aromatic N) is 1. The largest absolute Gasteiger partial charge is 0.395 e. The quantitative estimate of drug-likeness (QED) is 0.751. The first-order valence-corrected chi connectivity index (χ1v) is 7.98. The van der Waals surface area contributed by atoms with Crippen molar-refractivity contribution in [3.63, 3.8) is 0 Å². The Kier molecular flexibility index (Phi) is 6.51. The van der Waals surface area contributed by atoms with Crippen molar-refractivity contribution in [1.82, 2.24) is 10.2 Å². The van der Waals surface area contributed by atoms with Gasteiger partial charge in [0.1, 0.15) is 0 Å². The molecular weight excluding hydrogens is 248 g/mol. The molecule has 1 saturated heterocycles. The lowest BCUT2D eigenvalue weighted by Gasteiger charge is -2.40. The lowest BCUT2D eigenvalue weighted by Crippen LogP contribution is -2.54. The van der Waals surface area contributed by atoms with E-state index >= 15 is 0 Å². The van der Waals surface area contributed by atoms with Crippen molar-refractivity contribution in [3.8, 4) is 0 Å². The zero-order valence-corrected chi connectivity index (χ0v) is 12.6. The van der Waals surface area contributed by atoms with E-state index in [4.69, 9.17) is 0 Å². The predicted octanol–water partition coefficient (Wildman–Crippen LogP) is 2.57. The van der Waals surface area contributed by atoms with Crippen LogP contribution in [0.5, 0.6) is 0 Å². The van der Waals surface area contributed by atoms with Gasteiger partial charge in [0.2, 0.25) is 0 Å². The van der Waals surface area contributed by atoms with Crippen molar-refractivity contribution in [1.29, 1.82) is 0 Å². The molecule has 2 N–H and O–H groups in total. The number of aliphatic hydroxyl groups excluding tert-OH is 1. The maximum Gasteiger partial charge on any atom is 0.0599 e. The van der Waals surface area contributed by atoms with Crippen molar-refractivity contribution in [2.45, 2.75) is 44.7 Å². The van der Waals surface area contributed by atoms with Gasteiger partial charge in [-0.3, -0.25) is 4.90 Å². The van der Waals surface area contributed by atoms with E-state index in [1.54, 1.807) is 0 Å². The Bertz CT molecular complexity index is 369. The summed E-state index contributed by atoms with van der Waals surface area (Å²) >= 11 is 0. The minimum absolute atomic E-state index is 0.252. The Hall–Kier alpha value is -0.900. The Balaban J connectivity index is 1.89. The van der Waals surface area contributed by atoms with Gasteiger partial charge in [-0.2, -0.15) is 0 Å². The molecule has 1 aliphatic heterocycles. The highest BCUT2D eigenvalue weighted by atomic mass is 16.3. The van der Waals surface area contributed by atoms with Crippen LogP contribution in [0, 0.1) is 0 Å². The molecule has 1 aromatic carbocycles. The second kappa shape index (κ2) is 8.40. The first-order valence-electron chi connectivity index (χ1n) is 7.98. The summed E-state index contributed by atoms with van der Waals surface area (Å²) in [5, 5.41) is 13.1. The molecule has 1 fully saturated rings. The fraction of sp³-hybridized carbons (Fsp3) is 0.647. The fourth-order valence-corrected chi connectivity index (χ4v) is 2.96. The summed E-state index contributed by atoms with van der Waals surface area (Å²) < 4.78 is 0. The Morgan fingerprint density at radius 3 is 2.70 bits per heavy atom. The fourth-order valence-electron chi connectivity index (χ4n) is 2.96. The molecule has 0 aliphatic carbocycles. The lowest BCUT2D eigenvalue weighted by atomic mass is 10.0. The summed E-state index contributed by atoms with van der Waals surface area (Å²) in [6, 6.07) is 11.3. The standard InChI is InChI=1S/C17H28N2O/c1-2-3-4-8-11-19-13-17(18-12-16(19)14-20)15-9-6-5-7-10-15/h5-7,9-10,16-18,20H,2-4,8,11-14H2,1H3. The Morgan fingerprint density at radius 1 is 1.20 bits per heavy atom. The molecular formula is C17H28N2O. The molecule has 0 radical (unpaired) electrons. The summed E-state index contributed by atoms with van der Waals surface area (Å²) in [5.74, 6) is 0. The molecule has 2 rings (SSSR count). The number of hydrogen-bond acceptors (Lipinski definition) is 3. The number of piperazine rings is 1. The summed E-state index contributed by atoms with van der Waals surface area (Å²) in [5.41, 5.74) is 1.35. The molecule has 0 bridgehead atoms. The van der Waals surface area contributed by atoms with Gasteiger partial charge in [-0.1, -0.05) is 56.5 Å². The van der Waals surface area contributed by atoms with Crippen LogP contribution in [0.4, 0.5) is 0 Å². The molecule has 0 saturated carbocycles. The van der Waals surface area contributed by atoms with E-state index in [-0.39, 0.29) is 12.6 Å². The van der Waals surface area contributed by atoms with Gasteiger partial charge in [-0.05, 0) is 18.5 Å². The first-order chi connectivity index (χ1) is 9.85. The van der Waals surface area contributed by atoms with E-state index in [1.807, 2.05) is 0 Å². The van der Waals surface area contributed by atoms with E-state index in [0.717, 1.165) is 19.6 Å². The molecule has 20 heavy (non-hydrogen) atoms. The monoisotopic (exact) mass is 276 g/mol. The third kappa shape index (κ3) is 4.30. The molecule has 2 unspecified atom stereocenters. The minimum atomic E-state index is 0.252. The highest BCUT2D eigenvalue weighted by molar-refractivity contribution is 5.20. The molecule has 1 aromatic rings. The normalized spacial score (nSPS) is 23.9. The average molecular weight is 276 g/mol. The molecule has 0 amide bonds. The molecule has 1 aliphatic rings. The Labute approximate surface area is 123 Å². The van der Waals surface area contributed by atoms with E-state index in [2.05, 4.69) is 47.5 Å². The van der Waals surface area contributed by atoms with Crippen LogP contribution in [0.15, 0.2) is 30.3 Å². The van der Waals surface area contributed by atoms with Crippen molar-refractivity contribution in [3.05, 3.63) is 35.9 Å². The van der Waals surface area contributed by atoms with Gasteiger partial charge in [0.15, 0.2) is 0 Å². The Morgan fingerprint density at radius 2 is 2.00 bits per heavy atom. The zero-order chi connectivity index (χ0) is 14.2. The second-order valence-corrected chi connectivity index (χ2v) is 5.76. The van der Waals surface area contributed by atoms with Gasteiger partial charge in [0, 0.05) is 25.2 Å². The second-order valence-electron chi connectivity index (χ2n) is 5.76. The van der Waals surface area contributed by atoms with E-state index in [0.29, 0.717) is 6.04 Å². The summed E-state index contributed by atoms with van der Waals surface area (Å²) in [4.78, 5) is 2.46. The smallest absolute Gasteiger partial charge is 0.0599 e. The van der Waals surface area contributed by atoms with Crippen molar-refractivity contribution in [2.24, 2.45) is 0 Å². The number of nitrogens with one attached hydrogen (secondary N) is 1. The van der Waals surface area contributed by atoms with Crippen molar-refractivity contribution < 1.29 is 5.11 Å². The van der Waals surface area contributed by atoms with Crippen LogP contribution in [-0.2, 0) is 0 Å². The van der Waals surface area contributed by atoms with Gasteiger partial charge in [-0.15, -0.1) is 0 Å². The molecule has 0 aromatic heterocycles. The molecule has 1 heterocycles. The molecule has 112 valence electrons. The number of benzene rings is 1. The maximum absolute atomic E-state index is 9.54. The zero-order valence-electron chi connectivity index (χ0n) is 12.6. The van der Waals surface area contributed by atoms with Crippen LogP contribution in [0.3, 0.4) is 0 Å². The SMILES string of the molecule is CCCCCCN1CC(c2ccccc2)NCC1CO. The van der Waals surface area contributed by atoms with Gasteiger partial charge >= 0.3 is 0 Å². The van der Waals surface area contributed by atoms with Crippen LogP contribution in [-0.4, -0.2) is 42.3 Å². The van der Waals surface area contributed by atoms with Crippen LogP contribution >= 0.6 is 0 Å². The number of hydrogen-bond donors (Lipinski definition) is 2.